The molecule has 1 heterocycles. The molecule has 1 aliphatic heterocycles. The highest BCUT2D eigenvalue weighted by atomic mass is 31.2. The Bertz CT molecular complexity index is 581. The smallest absolute Gasteiger partial charge is 0.113 e. The first-order chi connectivity index (χ1) is 8.00. The van der Waals surface area contributed by atoms with Gasteiger partial charge in [0.2, 0.25) is 0 Å². The Kier molecular flexibility index (Phi) is 2.38. The second kappa shape index (κ2) is 3.59. The quantitative estimate of drug-likeness (QED) is 0.622. The lowest BCUT2D eigenvalue weighted by molar-refractivity contribution is 0.586. The van der Waals surface area contributed by atoms with Crippen molar-refractivity contribution in [1.29, 1.82) is 0 Å². The number of aryl methyl sites for hydroxylation is 2. The zero-order valence-corrected chi connectivity index (χ0v) is 11.7. The third-order valence-electron chi connectivity index (χ3n) is 4.32. The van der Waals surface area contributed by atoms with Gasteiger partial charge in [0.25, 0.3) is 0 Å². The van der Waals surface area contributed by atoms with Crippen LogP contribution in [0.3, 0.4) is 0 Å². The fourth-order valence-electron chi connectivity index (χ4n) is 3.37. The molecule has 0 spiro atoms. The van der Waals surface area contributed by atoms with Crippen LogP contribution in [0.5, 0.6) is 0 Å². The molecule has 0 N–H and O–H groups in total. The van der Waals surface area contributed by atoms with E-state index in [0.717, 1.165) is 25.4 Å². The van der Waals surface area contributed by atoms with Crippen molar-refractivity contribution in [2.45, 2.75) is 33.1 Å². The Morgan fingerprint density at radius 3 is 2.53 bits per heavy atom. The van der Waals surface area contributed by atoms with Gasteiger partial charge in [0.1, 0.15) is 7.14 Å². The Morgan fingerprint density at radius 1 is 1.06 bits per heavy atom. The molecule has 0 radical (unpaired) electrons. The molecular formula is C15H19OP. The van der Waals surface area contributed by atoms with E-state index in [2.05, 4.69) is 26.0 Å². The van der Waals surface area contributed by atoms with Crippen molar-refractivity contribution < 1.29 is 4.57 Å². The van der Waals surface area contributed by atoms with E-state index in [1.165, 1.54) is 33.1 Å². The normalized spacial score (nSPS) is 27.0. The van der Waals surface area contributed by atoms with E-state index in [0.29, 0.717) is 0 Å². The minimum atomic E-state index is -2.07. The van der Waals surface area contributed by atoms with Crippen molar-refractivity contribution in [2.24, 2.45) is 0 Å². The summed E-state index contributed by atoms with van der Waals surface area (Å²) in [6, 6.07) is 4.39. The van der Waals surface area contributed by atoms with E-state index in [1.54, 1.807) is 0 Å². The van der Waals surface area contributed by atoms with Gasteiger partial charge in [-0.05, 0) is 62.0 Å². The monoisotopic (exact) mass is 246 g/mol. The van der Waals surface area contributed by atoms with Gasteiger partial charge in [-0.1, -0.05) is 17.7 Å². The lowest BCUT2D eigenvalue weighted by atomic mass is 9.86. The maximum absolute atomic E-state index is 12.7. The summed E-state index contributed by atoms with van der Waals surface area (Å²) in [7, 11) is -2.07. The largest absolute Gasteiger partial charge is 0.319 e. The molecule has 2 heteroatoms. The molecule has 1 unspecified atom stereocenters. The van der Waals surface area contributed by atoms with E-state index in [1.807, 2.05) is 6.66 Å². The van der Waals surface area contributed by atoms with E-state index in [9.17, 15) is 4.57 Å². The fraction of sp³-hybridized carbons (Fsp3) is 0.467. The van der Waals surface area contributed by atoms with E-state index in [4.69, 9.17) is 0 Å². The molecule has 1 nitrogen and oxygen atoms in total. The van der Waals surface area contributed by atoms with Crippen LogP contribution >= 0.6 is 7.14 Å². The van der Waals surface area contributed by atoms with Crippen LogP contribution in [-0.4, -0.2) is 12.8 Å². The van der Waals surface area contributed by atoms with Crippen LogP contribution in [0.15, 0.2) is 17.7 Å². The summed E-state index contributed by atoms with van der Waals surface area (Å²) in [6.45, 7) is 6.32. The zero-order chi connectivity index (χ0) is 12.2. The van der Waals surface area contributed by atoms with Gasteiger partial charge in [-0.2, -0.15) is 0 Å². The van der Waals surface area contributed by atoms with Crippen molar-refractivity contribution in [3.05, 3.63) is 40.0 Å². The van der Waals surface area contributed by atoms with Gasteiger partial charge in [0.05, 0.1) is 0 Å². The summed E-state index contributed by atoms with van der Waals surface area (Å²) in [5.41, 5.74) is 6.95. The summed E-state index contributed by atoms with van der Waals surface area (Å²) in [4.78, 5) is 0. The molecule has 1 aromatic rings. The van der Waals surface area contributed by atoms with Gasteiger partial charge in [-0.3, -0.25) is 0 Å². The van der Waals surface area contributed by atoms with Crippen molar-refractivity contribution in [2.75, 3.05) is 12.8 Å². The Labute approximate surface area is 103 Å². The van der Waals surface area contributed by atoms with E-state index in [-0.39, 0.29) is 0 Å². The highest BCUT2D eigenvalue weighted by Crippen LogP contribution is 2.65. The predicted molar refractivity (Wildman–Crippen MR) is 74.2 cm³/mol. The molecule has 0 amide bonds. The molecule has 0 bridgehead atoms. The van der Waals surface area contributed by atoms with Crippen molar-refractivity contribution in [3.8, 4) is 0 Å². The van der Waals surface area contributed by atoms with Crippen LogP contribution < -0.4 is 0 Å². The first-order valence-corrected chi connectivity index (χ1v) is 8.73. The summed E-state index contributed by atoms with van der Waals surface area (Å²) in [6.07, 6.45) is 4.23. The third kappa shape index (κ3) is 1.56. The molecule has 0 aromatic heterocycles. The topological polar surface area (TPSA) is 17.1 Å². The van der Waals surface area contributed by atoms with Gasteiger partial charge in [-0.25, -0.2) is 0 Å². The van der Waals surface area contributed by atoms with Crippen LogP contribution in [0.2, 0.25) is 0 Å². The Morgan fingerprint density at radius 2 is 1.76 bits per heavy atom. The van der Waals surface area contributed by atoms with E-state index >= 15 is 0 Å². The molecule has 0 saturated heterocycles. The minimum Gasteiger partial charge on any atom is -0.319 e. The predicted octanol–water partition coefficient (Wildman–Crippen LogP) is 4.36. The van der Waals surface area contributed by atoms with E-state index < -0.39 is 7.14 Å². The van der Waals surface area contributed by atoms with Crippen molar-refractivity contribution in [3.63, 3.8) is 0 Å². The van der Waals surface area contributed by atoms with Gasteiger partial charge in [0, 0.05) is 11.5 Å². The highest BCUT2D eigenvalue weighted by molar-refractivity contribution is 7.74. The lowest BCUT2D eigenvalue weighted by Gasteiger charge is -2.24. The second-order valence-corrected chi connectivity index (χ2v) is 8.68. The summed E-state index contributed by atoms with van der Waals surface area (Å²) >= 11 is 0. The van der Waals surface area contributed by atoms with Gasteiger partial charge in [-0.15, -0.1) is 0 Å². The van der Waals surface area contributed by atoms with Crippen molar-refractivity contribution >= 4 is 12.5 Å². The molecular weight excluding hydrogens is 227 g/mol. The van der Waals surface area contributed by atoms with Crippen LogP contribution in [0.1, 0.15) is 35.1 Å². The summed E-state index contributed by atoms with van der Waals surface area (Å²) < 4.78 is 12.7. The van der Waals surface area contributed by atoms with Crippen LogP contribution in [0.4, 0.5) is 0 Å². The number of hydrogen-bond acceptors (Lipinski definition) is 1. The average Bonchev–Trinajstić information content (AvgIpc) is 2.60. The molecule has 0 saturated carbocycles. The first-order valence-electron chi connectivity index (χ1n) is 6.39. The summed E-state index contributed by atoms with van der Waals surface area (Å²) in [5, 5.41) is 1.25. The fourth-order valence-corrected chi connectivity index (χ4v) is 5.96. The lowest BCUT2D eigenvalue weighted by Crippen LogP contribution is -2.06. The van der Waals surface area contributed by atoms with Gasteiger partial charge in [0.15, 0.2) is 0 Å². The number of allylic oxidation sites excluding steroid dienone is 1. The molecule has 2 aliphatic rings. The number of fused-ring (bicyclic) bond motifs is 2. The van der Waals surface area contributed by atoms with Crippen LogP contribution in [0.25, 0.3) is 5.31 Å². The number of rotatable bonds is 0. The zero-order valence-electron chi connectivity index (χ0n) is 10.8. The van der Waals surface area contributed by atoms with Crippen LogP contribution in [0, 0.1) is 13.8 Å². The molecule has 3 rings (SSSR count). The van der Waals surface area contributed by atoms with Crippen molar-refractivity contribution in [1.82, 2.24) is 0 Å². The SMILES string of the molecule is Cc1ccc(C)c2c1CCC1=C2P(C)(=O)CC1. The number of hydrogen-bond donors (Lipinski definition) is 0. The number of benzene rings is 1. The second-order valence-electron chi connectivity index (χ2n) is 5.58. The van der Waals surface area contributed by atoms with Gasteiger partial charge >= 0.3 is 0 Å². The molecule has 17 heavy (non-hydrogen) atoms. The Hall–Kier alpha value is -0.810. The average molecular weight is 246 g/mol. The first kappa shape index (κ1) is 11.3. The minimum absolute atomic E-state index is 0.893. The maximum atomic E-state index is 12.7. The molecule has 1 aromatic carbocycles. The molecule has 90 valence electrons. The summed E-state index contributed by atoms with van der Waals surface area (Å²) in [5.74, 6) is 0. The maximum Gasteiger partial charge on any atom is 0.113 e. The molecule has 1 aliphatic carbocycles. The molecule has 1 atom stereocenters. The highest BCUT2D eigenvalue weighted by Gasteiger charge is 2.36. The standard InChI is InChI=1S/C15H19OP/c1-10-4-5-11(2)14-13(10)7-6-12-8-9-17(3,16)15(12)14/h4-5H,6-9H2,1-3H3. The molecule has 0 fully saturated rings. The Balaban J connectivity index is 2.33. The third-order valence-corrected chi connectivity index (χ3v) is 6.88. The van der Waals surface area contributed by atoms with Crippen LogP contribution in [-0.2, 0) is 11.0 Å². The van der Waals surface area contributed by atoms with Gasteiger partial charge < -0.3 is 4.57 Å².